The Kier molecular flexibility index (Phi) is 5.43. The summed E-state index contributed by atoms with van der Waals surface area (Å²) >= 11 is 5.46. The first kappa shape index (κ1) is 18.7. The number of carbonyl (C=O) groups is 1. The molecule has 2 aromatic rings. The molecule has 2 aliphatic rings. The van der Waals surface area contributed by atoms with Gasteiger partial charge >= 0.3 is 0 Å². The Labute approximate surface area is 170 Å². The molecule has 0 unspecified atom stereocenters. The molecule has 6 nitrogen and oxygen atoms in total. The summed E-state index contributed by atoms with van der Waals surface area (Å²) in [5.74, 6) is 0.768. The molecule has 0 spiro atoms. The van der Waals surface area contributed by atoms with Crippen molar-refractivity contribution in [2.75, 3.05) is 7.11 Å². The normalized spacial score (nSPS) is 19.3. The third-order valence-corrected chi connectivity index (χ3v) is 5.66. The fraction of sp³-hybridized carbons (Fsp3) is 0.381. The van der Waals surface area contributed by atoms with Crippen molar-refractivity contribution in [1.29, 1.82) is 0 Å². The van der Waals surface area contributed by atoms with Crippen molar-refractivity contribution in [2.24, 2.45) is 0 Å². The molecule has 0 bridgehead atoms. The summed E-state index contributed by atoms with van der Waals surface area (Å²) in [6.07, 6.45) is 11.1. The van der Waals surface area contributed by atoms with Crippen molar-refractivity contribution >= 4 is 29.3 Å². The third-order valence-electron chi connectivity index (χ3n) is 5.36. The number of hydrogen-bond donors (Lipinski definition) is 1. The van der Waals surface area contributed by atoms with Gasteiger partial charge in [-0.1, -0.05) is 25.3 Å². The van der Waals surface area contributed by atoms with Crippen LogP contribution in [0.25, 0.3) is 6.08 Å². The second-order valence-electron chi connectivity index (χ2n) is 7.23. The van der Waals surface area contributed by atoms with Gasteiger partial charge in [-0.05, 0) is 54.9 Å². The van der Waals surface area contributed by atoms with E-state index in [1.54, 1.807) is 18.2 Å². The average Bonchev–Trinajstić information content (AvgIpc) is 3.31. The highest BCUT2D eigenvalue weighted by Gasteiger charge is 2.36. The van der Waals surface area contributed by atoms with Crippen LogP contribution < -0.4 is 10.1 Å². The van der Waals surface area contributed by atoms with Crippen LogP contribution in [-0.2, 0) is 11.3 Å². The van der Waals surface area contributed by atoms with Crippen LogP contribution in [0.3, 0.4) is 0 Å². The quantitative estimate of drug-likeness (QED) is 0.621. The second-order valence-corrected chi connectivity index (χ2v) is 7.62. The van der Waals surface area contributed by atoms with E-state index in [4.69, 9.17) is 17.0 Å². The summed E-state index contributed by atoms with van der Waals surface area (Å²) < 4.78 is 7.32. The molecule has 1 aromatic heterocycles. The average molecular weight is 397 g/mol. The number of thiocarbonyl (C=S) groups is 1. The van der Waals surface area contributed by atoms with Crippen LogP contribution in [0.1, 0.15) is 43.2 Å². The molecule has 2 fully saturated rings. The molecule has 0 radical (unpaired) electrons. The molecule has 7 heteroatoms. The van der Waals surface area contributed by atoms with Gasteiger partial charge in [0.25, 0.3) is 5.91 Å². The first-order chi connectivity index (χ1) is 13.7. The van der Waals surface area contributed by atoms with E-state index in [1.165, 1.54) is 6.42 Å². The predicted octanol–water partition coefficient (Wildman–Crippen LogP) is 3.33. The lowest BCUT2D eigenvalue weighted by molar-refractivity contribution is -0.124. The van der Waals surface area contributed by atoms with E-state index in [0.29, 0.717) is 17.4 Å². The number of methoxy groups -OCH3 is 1. The molecule has 1 aliphatic heterocycles. The Balaban J connectivity index is 1.58. The topological polar surface area (TPSA) is 59.4 Å². The van der Waals surface area contributed by atoms with Crippen molar-refractivity contribution in [3.05, 3.63) is 53.5 Å². The van der Waals surface area contributed by atoms with E-state index in [-0.39, 0.29) is 11.9 Å². The monoisotopic (exact) mass is 396 g/mol. The zero-order valence-electron chi connectivity index (χ0n) is 15.9. The number of amides is 1. The number of carbonyl (C=O) groups excluding carboxylic acids is 1. The highest BCUT2D eigenvalue weighted by molar-refractivity contribution is 7.80. The van der Waals surface area contributed by atoms with Crippen LogP contribution in [0.15, 0.2) is 42.4 Å². The van der Waals surface area contributed by atoms with Gasteiger partial charge in [-0.15, -0.1) is 0 Å². The number of aromatic nitrogens is 2. The largest absolute Gasteiger partial charge is 0.496 e. The molecule has 0 atom stereocenters. The summed E-state index contributed by atoms with van der Waals surface area (Å²) in [5.41, 5.74) is 2.45. The fourth-order valence-electron chi connectivity index (χ4n) is 3.97. The highest BCUT2D eigenvalue weighted by Crippen LogP contribution is 2.28. The van der Waals surface area contributed by atoms with Crippen molar-refractivity contribution in [3.8, 4) is 5.75 Å². The van der Waals surface area contributed by atoms with E-state index >= 15 is 0 Å². The summed E-state index contributed by atoms with van der Waals surface area (Å²) in [6.45, 7) is 0.598. The number of hydrogen-bond acceptors (Lipinski definition) is 4. The van der Waals surface area contributed by atoms with E-state index in [1.807, 2.05) is 41.2 Å². The first-order valence-electron chi connectivity index (χ1n) is 9.66. The maximum Gasteiger partial charge on any atom is 0.276 e. The molecule has 1 saturated carbocycles. The van der Waals surface area contributed by atoms with E-state index < -0.39 is 0 Å². The summed E-state index contributed by atoms with van der Waals surface area (Å²) in [5, 5.41) is 7.89. The number of nitrogens with one attached hydrogen (secondary N) is 1. The Morgan fingerprint density at radius 2 is 2.14 bits per heavy atom. The molecule has 4 rings (SSSR count). The van der Waals surface area contributed by atoms with Gasteiger partial charge in [0.2, 0.25) is 0 Å². The minimum absolute atomic E-state index is 0.0265. The SMILES string of the molecule is COc1ccc(/C=C2/NC(=S)N(C3CCCCC3)C2=O)cc1Cn1cccn1. The zero-order valence-corrected chi connectivity index (χ0v) is 16.7. The van der Waals surface area contributed by atoms with Gasteiger partial charge in [0.05, 0.1) is 13.7 Å². The Hall–Kier alpha value is -2.67. The Morgan fingerprint density at radius 3 is 2.86 bits per heavy atom. The molecule has 1 N–H and O–H groups in total. The molecule has 1 saturated heterocycles. The summed E-state index contributed by atoms with van der Waals surface area (Å²) in [4.78, 5) is 14.7. The lowest BCUT2D eigenvalue weighted by atomic mass is 9.94. The van der Waals surface area contributed by atoms with Crippen molar-refractivity contribution in [3.63, 3.8) is 0 Å². The van der Waals surface area contributed by atoms with E-state index in [0.717, 1.165) is 42.6 Å². The number of rotatable bonds is 5. The Morgan fingerprint density at radius 1 is 1.32 bits per heavy atom. The third kappa shape index (κ3) is 3.80. The van der Waals surface area contributed by atoms with Gasteiger partial charge < -0.3 is 10.1 Å². The Bertz CT molecular complexity index is 901. The zero-order chi connectivity index (χ0) is 19.5. The van der Waals surface area contributed by atoms with E-state index in [9.17, 15) is 4.79 Å². The minimum atomic E-state index is -0.0265. The maximum atomic E-state index is 13.0. The number of ether oxygens (including phenoxy) is 1. The number of nitrogens with zero attached hydrogens (tertiary/aromatic N) is 3. The van der Waals surface area contributed by atoms with Gasteiger partial charge in [0, 0.05) is 24.0 Å². The molecular weight excluding hydrogens is 372 g/mol. The summed E-state index contributed by atoms with van der Waals surface area (Å²) in [6, 6.07) is 8.00. The predicted molar refractivity (Wildman–Crippen MR) is 112 cm³/mol. The molecule has 28 heavy (non-hydrogen) atoms. The van der Waals surface area contributed by atoms with Crippen LogP contribution >= 0.6 is 12.2 Å². The van der Waals surface area contributed by atoms with Gasteiger partial charge in [0.15, 0.2) is 5.11 Å². The van der Waals surface area contributed by atoms with Crippen LogP contribution in [0, 0.1) is 0 Å². The molecular formula is C21H24N4O2S. The van der Waals surface area contributed by atoms with Gasteiger partial charge in [-0.3, -0.25) is 14.4 Å². The van der Waals surface area contributed by atoms with Gasteiger partial charge in [-0.25, -0.2) is 0 Å². The van der Waals surface area contributed by atoms with Crippen molar-refractivity contribution in [2.45, 2.75) is 44.7 Å². The standard InChI is InChI=1S/C21H24N4O2S/c1-27-19-9-8-15(12-16(19)14-24-11-5-10-22-24)13-18-20(26)25(21(28)23-18)17-6-3-2-4-7-17/h5,8-13,17H,2-4,6-7,14H2,1H3,(H,23,28)/b18-13+. The lowest BCUT2D eigenvalue weighted by Gasteiger charge is -2.29. The maximum absolute atomic E-state index is 13.0. The van der Waals surface area contributed by atoms with Crippen LogP contribution in [0.5, 0.6) is 5.75 Å². The number of benzene rings is 1. The molecule has 1 aromatic carbocycles. The molecule has 146 valence electrons. The van der Waals surface area contributed by atoms with Crippen LogP contribution in [0.4, 0.5) is 0 Å². The van der Waals surface area contributed by atoms with Crippen molar-refractivity contribution < 1.29 is 9.53 Å². The smallest absolute Gasteiger partial charge is 0.276 e. The van der Waals surface area contributed by atoms with Gasteiger partial charge in [-0.2, -0.15) is 5.10 Å². The van der Waals surface area contributed by atoms with Crippen molar-refractivity contribution in [1.82, 2.24) is 20.0 Å². The fourth-order valence-corrected chi connectivity index (χ4v) is 4.31. The lowest BCUT2D eigenvalue weighted by Crippen LogP contribution is -2.41. The van der Waals surface area contributed by atoms with Crippen LogP contribution in [-0.4, -0.2) is 38.9 Å². The minimum Gasteiger partial charge on any atom is -0.496 e. The first-order valence-corrected chi connectivity index (χ1v) is 10.1. The van der Waals surface area contributed by atoms with Crippen LogP contribution in [0.2, 0.25) is 0 Å². The van der Waals surface area contributed by atoms with E-state index in [2.05, 4.69) is 10.4 Å². The molecule has 1 amide bonds. The summed E-state index contributed by atoms with van der Waals surface area (Å²) in [7, 11) is 1.66. The highest BCUT2D eigenvalue weighted by atomic mass is 32.1. The molecule has 2 heterocycles. The second kappa shape index (κ2) is 8.14. The molecule has 1 aliphatic carbocycles. The van der Waals surface area contributed by atoms with Gasteiger partial charge in [0.1, 0.15) is 11.4 Å².